The molecule has 0 spiro atoms. The maximum Gasteiger partial charge on any atom is 0.111 e. The maximum atomic E-state index is 6.32. The van der Waals surface area contributed by atoms with Gasteiger partial charge in [0.2, 0.25) is 0 Å². The number of imidazole rings is 1. The molecule has 0 saturated heterocycles. The zero-order valence-corrected chi connectivity index (χ0v) is 12.0. The predicted octanol–water partition coefficient (Wildman–Crippen LogP) is 1.86. The van der Waals surface area contributed by atoms with E-state index in [9.17, 15) is 0 Å². The predicted molar refractivity (Wildman–Crippen MR) is 79.3 cm³/mol. The Balaban J connectivity index is 1.93. The smallest absolute Gasteiger partial charge is 0.111 e. The molecule has 0 radical (unpaired) electrons. The number of aromatic nitrogens is 4. The van der Waals surface area contributed by atoms with Crippen LogP contribution in [-0.4, -0.2) is 19.3 Å². The van der Waals surface area contributed by atoms with Crippen molar-refractivity contribution in [3.63, 3.8) is 0 Å². The summed E-state index contributed by atoms with van der Waals surface area (Å²) in [7, 11) is 3.96. The van der Waals surface area contributed by atoms with Crippen LogP contribution in [0, 0.1) is 6.92 Å². The van der Waals surface area contributed by atoms with Gasteiger partial charge in [0.15, 0.2) is 0 Å². The van der Waals surface area contributed by atoms with Crippen LogP contribution in [0.4, 0.5) is 0 Å². The van der Waals surface area contributed by atoms with E-state index in [2.05, 4.69) is 20.7 Å². The SMILES string of the molecule is Cc1cc(C(N)Cc2nc3ccccc3n2C)n(C)n1. The molecular formula is C15H19N5. The molecule has 0 amide bonds. The van der Waals surface area contributed by atoms with E-state index in [1.807, 2.05) is 50.0 Å². The van der Waals surface area contributed by atoms with Crippen molar-refractivity contribution in [3.8, 4) is 0 Å². The first-order chi connectivity index (χ1) is 9.56. The standard InChI is InChI=1S/C15H19N5/c1-10-8-14(20(3)18-10)11(16)9-15-17-12-6-4-5-7-13(12)19(15)2/h4-8,11H,9,16H2,1-3H3. The molecule has 5 heteroatoms. The van der Waals surface area contributed by atoms with Crippen LogP contribution >= 0.6 is 0 Å². The summed E-state index contributed by atoms with van der Waals surface area (Å²) in [6.07, 6.45) is 0.699. The summed E-state index contributed by atoms with van der Waals surface area (Å²) in [6, 6.07) is 10.1. The lowest BCUT2D eigenvalue weighted by Crippen LogP contribution is -2.18. The summed E-state index contributed by atoms with van der Waals surface area (Å²) < 4.78 is 3.96. The molecule has 2 N–H and O–H groups in total. The Morgan fingerprint density at radius 1 is 1.25 bits per heavy atom. The number of fused-ring (bicyclic) bond motifs is 1. The van der Waals surface area contributed by atoms with Gasteiger partial charge in [0.05, 0.1) is 28.5 Å². The Labute approximate surface area is 118 Å². The van der Waals surface area contributed by atoms with Crippen molar-refractivity contribution < 1.29 is 0 Å². The van der Waals surface area contributed by atoms with E-state index in [-0.39, 0.29) is 6.04 Å². The summed E-state index contributed by atoms with van der Waals surface area (Å²) in [4.78, 5) is 4.67. The molecule has 0 bridgehead atoms. The highest BCUT2D eigenvalue weighted by molar-refractivity contribution is 5.75. The second kappa shape index (κ2) is 4.76. The number of hydrogen-bond donors (Lipinski definition) is 1. The second-order valence-corrected chi connectivity index (χ2v) is 5.22. The normalized spacial score (nSPS) is 13.0. The Morgan fingerprint density at radius 2 is 2.00 bits per heavy atom. The van der Waals surface area contributed by atoms with Crippen LogP contribution in [0.1, 0.15) is 23.3 Å². The first kappa shape index (κ1) is 12.9. The Hall–Kier alpha value is -2.14. The van der Waals surface area contributed by atoms with E-state index in [1.54, 1.807) is 0 Å². The highest BCUT2D eigenvalue weighted by Gasteiger charge is 2.16. The van der Waals surface area contributed by atoms with E-state index < -0.39 is 0 Å². The summed E-state index contributed by atoms with van der Waals surface area (Å²) in [5, 5.41) is 4.35. The zero-order chi connectivity index (χ0) is 14.3. The molecule has 2 aromatic heterocycles. The quantitative estimate of drug-likeness (QED) is 0.789. The van der Waals surface area contributed by atoms with Gasteiger partial charge in [-0.05, 0) is 25.1 Å². The monoisotopic (exact) mass is 269 g/mol. The van der Waals surface area contributed by atoms with Gasteiger partial charge in [0.1, 0.15) is 5.82 Å². The van der Waals surface area contributed by atoms with Gasteiger partial charge in [-0.3, -0.25) is 4.68 Å². The Kier molecular flexibility index (Phi) is 3.06. The third-order valence-corrected chi connectivity index (χ3v) is 3.70. The fraction of sp³-hybridized carbons (Fsp3) is 0.333. The van der Waals surface area contributed by atoms with Crippen molar-refractivity contribution in [3.05, 3.63) is 47.5 Å². The number of benzene rings is 1. The number of para-hydroxylation sites is 2. The minimum absolute atomic E-state index is 0.100. The lowest BCUT2D eigenvalue weighted by molar-refractivity contribution is 0.593. The molecule has 0 aliphatic carbocycles. The minimum Gasteiger partial charge on any atom is -0.331 e. The van der Waals surface area contributed by atoms with Crippen LogP contribution in [0.5, 0.6) is 0 Å². The molecule has 0 saturated carbocycles. The van der Waals surface area contributed by atoms with Crippen molar-refractivity contribution in [1.82, 2.24) is 19.3 Å². The first-order valence-corrected chi connectivity index (χ1v) is 6.72. The van der Waals surface area contributed by atoms with Gasteiger partial charge in [0, 0.05) is 20.5 Å². The number of hydrogen-bond acceptors (Lipinski definition) is 3. The van der Waals surface area contributed by atoms with E-state index in [4.69, 9.17) is 5.73 Å². The molecule has 20 heavy (non-hydrogen) atoms. The molecule has 104 valence electrons. The van der Waals surface area contributed by atoms with Crippen molar-refractivity contribution in [2.24, 2.45) is 19.8 Å². The van der Waals surface area contributed by atoms with Crippen LogP contribution in [0.25, 0.3) is 11.0 Å². The lowest BCUT2D eigenvalue weighted by atomic mass is 10.1. The summed E-state index contributed by atoms with van der Waals surface area (Å²) in [6.45, 7) is 1.98. The third-order valence-electron chi connectivity index (χ3n) is 3.70. The van der Waals surface area contributed by atoms with Crippen molar-refractivity contribution >= 4 is 11.0 Å². The highest BCUT2D eigenvalue weighted by atomic mass is 15.3. The van der Waals surface area contributed by atoms with Crippen molar-refractivity contribution in [2.75, 3.05) is 0 Å². The molecule has 1 aromatic carbocycles. The van der Waals surface area contributed by atoms with Gasteiger partial charge in [-0.1, -0.05) is 12.1 Å². The summed E-state index contributed by atoms with van der Waals surface area (Å²) in [5.41, 5.74) is 10.5. The second-order valence-electron chi connectivity index (χ2n) is 5.22. The fourth-order valence-electron chi connectivity index (χ4n) is 2.66. The van der Waals surface area contributed by atoms with Crippen molar-refractivity contribution in [1.29, 1.82) is 0 Å². The van der Waals surface area contributed by atoms with Crippen LogP contribution in [-0.2, 0) is 20.5 Å². The van der Waals surface area contributed by atoms with E-state index in [0.717, 1.165) is 28.2 Å². The van der Waals surface area contributed by atoms with E-state index in [1.165, 1.54) is 0 Å². The molecular weight excluding hydrogens is 250 g/mol. The molecule has 1 unspecified atom stereocenters. The Morgan fingerprint density at radius 3 is 2.65 bits per heavy atom. The van der Waals surface area contributed by atoms with Crippen LogP contribution in [0.2, 0.25) is 0 Å². The number of rotatable bonds is 3. The molecule has 0 aliphatic rings. The zero-order valence-electron chi connectivity index (χ0n) is 12.0. The molecule has 5 nitrogen and oxygen atoms in total. The number of nitrogens with two attached hydrogens (primary N) is 1. The van der Waals surface area contributed by atoms with E-state index in [0.29, 0.717) is 6.42 Å². The van der Waals surface area contributed by atoms with Crippen LogP contribution in [0.3, 0.4) is 0 Å². The van der Waals surface area contributed by atoms with Gasteiger partial charge in [-0.25, -0.2) is 4.98 Å². The molecule has 0 aliphatic heterocycles. The van der Waals surface area contributed by atoms with E-state index >= 15 is 0 Å². The maximum absolute atomic E-state index is 6.32. The average Bonchev–Trinajstić information content (AvgIpc) is 2.91. The van der Waals surface area contributed by atoms with Gasteiger partial charge in [-0.2, -0.15) is 5.10 Å². The number of nitrogens with zero attached hydrogens (tertiary/aromatic N) is 4. The summed E-state index contributed by atoms with van der Waals surface area (Å²) in [5.74, 6) is 0.998. The van der Waals surface area contributed by atoms with Crippen molar-refractivity contribution in [2.45, 2.75) is 19.4 Å². The van der Waals surface area contributed by atoms with Crippen LogP contribution < -0.4 is 5.73 Å². The fourth-order valence-corrected chi connectivity index (χ4v) is 2.66. The first-order valence-electron chi connectivity index (χ1n) is 6.72. The number of aryl methyl sites for hydroxylation is 3. The third kappa shape index (κ3) is 2.10. The molecule has 3 aromatic rings. The lowest BCUT2D eigenvalue weighted by Gasteiger charge is -2.11. The largest absolute Gasteiger partial charge is 0.331 e. The average molecular weight is 269 g/mol. The highest BCUT2D eigenvalue weighted by Crippen LogP contribution is 2.20. The van der Waals surface area contributed by atoms with Gasteiger partial charge in [-0.15, -0.1) is 0 Å². The van der Waals surface area contributed by atoms with Gasteiger partial charge >= 0.3 is 0 Å². The molecule has 0 fully saturated rings. The van der Waals surface area contributed by atoms with Crippen LogP contribution in [0.15, 0.2) is 30.3 Å². The minimum atomic E-state index is -0.100. The van der Waals surface area contributed by atoms with Gasteiger partial charge < -0.3 is 10.3 Å². The molecule has 1 atom stereocenters. The topological polar surface area (TPSA) is 61.7 Å². The Bertz CT molecular complexity index is 753. The molecule has 3 rings (SSSR count). The summed E-state index contributed by atoms with van der Waals surface area (Å²) >= 11 is 0. The van der Waals surface area contributed by atoms with Gasteiger partial charge in [0.25, 0.3) is 0 Å². The molecule has 2 heterocycles.